The maximum absolute atomic E-state index is 11.7. The van der Waals surface area contributed by atoms with Crippen molar-refractivity contribution in [1.29, 1.82) is 0 Å². The molecule has 0 aliphatic rings. The van der Waals surface area contributed by atoms with Crippen molar-refractivity contribution in [1.82, 2.24) is 4.98 Å². The first-order chi connectivity index (χ1) is 8.65. The van der Waals surface area contributed by atoms with Crippen molar-refractivity contribution in [3.8, 4) is 0 Å². The molecule has 0 fully saturated rings. The van der Waals surface area contributed by atoms with E-state index >= 15 is 0 Å². The van der Waals surface area contributed by atoms with Gasteiger partial charge in [0.1, 0.15) is 10.4 Å². The summed E-state index contributed by atoms with van der Waals surface area (Å²) in [6.45, 7) is 1.46. The summed E-state index contributed by atoms with van der Waals surface area (Å²) in [5, 5.41) is 0. The van der Waals surface area contributed by atoms with E-state index in [0.717, 1.165) is 17.4 Å². The minimum atomic E-state index is -4.52. The van der Waals surface area contributed by atoms with E-state index in [4.69, 9.17) is 10.3 Å². The van der Waals surface area contributed by atoms with E-state index in [1.165, 1.54) is 13.0 Å². The third-order valence-electron chi connectivity index (χ3n) is 2.39. The van der Waals surface area contributed by atoms with E-state index in [9.17, 15) is 16.8 Å². The molecule has 0 amide bonds. The van der Waals surface area contributed by atoms with Crippen LogP contribution in [-0.2, 0) is 20.0 Å². The number of hydrogen-bond acceptors (Lipinski definition) is 7. The molecular formula is C9H10N2O5S3. The van der Waals surface area contributed by atoms with Crippen molar-refractivity contribution >= 4 is 47.2 Å². The molecule has 0 unspecified atom stereocenters. The first-order valence-electron chi connectivity index (χ1n) is 5.05. The average molecular weight is 322 g/mol. The SMILES string of the molecule is CCS(=O)(=O)c1nc2c(S(=O)(=O)O)cc(N)cc2s1. The van der Waals surface area contributed by atoms with Gasteiger partial charge in [-0.15, -0.1) is 11.3 Å². The molecule has 10 heteroatoms. The van der Waals surface area contributed by atoms with Crippen LogP contribution in [0.3, 0.4) is 0 Å². The van der Waals surface area contributed by atoms with Gasteiger partial charge in [-0.3, -0.25) is 4.55 Å². The molecule has 0 radical (unpaired) electrons. The highest BCUT2D eigenvalue weighted by molar-refractivity contribution is 7.93. The molecule has 1 heterocycles. The molecule has 0 saturated carbocycles. The Kier molecular flexibility index (Phi) is 3.29. The van der Waals surface area contributed by atoms with Gasteiger partial charge in [0.05, 0.1) is 10.5 Å². The van der Waals surface area contributed by atoms with Gasteiger partial charge in [-0.05, 0) is 12.1 Å². The number of hydrogen-bond donors (Lipinski definition) is 2. The molecule has 1 aromatic heterocycles. The largest absolute Gasteiger partial charge is 0.399 e. The zero-order valence-corrected chi connectivity index (χ0v) is 12.1. The van der Waals surface area contributed by atoms with Crippen LogP contribution >= 0.6 is 11.3 Å². The molecule has 1 aromatic carbocycles. The minimum Gasteiger partial charge on any atom is -0.399 e. The second-order valence-electron chi connectivity index (χ2n) is 3.72. The van der Waals surface area contributed by atoms with Crippen LogP contribution in [0.2, 0.25) is 0 Å². The smallest absolute Gasteiger partial charge is 0.296 e. The third-order valence-corrected chi connectivity index (χ3v) is 6.45. The van der Waals surface area contributed by atoms with Crippen molar-refractivity contribution in [3.63, 3.8) is 0 Å². The third kappa shape index (κ3) is 2.56. The van der Waals surface area contributed by atoms with E-state index in [1.807, 2.05) is 0 Å². The second kappa shape index (κ2) is 4.40. The van der Waals surface area contributed by atoms with Crippen LogP contribution in [0.25, 0.3) is 10.2 Å². The summed E-state index contributed by atoms with van der Waals surface area (Å²) in [6.07, 6.45) is 0. The lowest BCUT2D eigenvalue weighted by atomic mass is 10.3. The Labute approximate surface area is 113 Å². The van der Waals surface area contributed by atoms with Crippen LogP contribution in [0, 0.1) is 0 Å². The van der Waals surface area contributed by atoms with Gasteiger partial charge in [0.2, 0.25) is 14.2 Å². The normalized spacial score (nSPS) is 12.9. The summed E-state index contributed by atoms with van der Waals surface area (Å²) in [7, 11) is -8.07. The quantitative estimate of drug-likeness (QED) is 0.635. The fourth-order valence-electron chi connectivity index (χ4n) is 1.45. The summed E-state index contributed by atoms with van der Waals surface area (Å²) >= 11 is 0.819. The highest BCUT2D eigenvalue weighted by Crippen LogP contribution is 2.32. The zero-order valence-electron chi connectivity index (χ0n) is 9.69. The molecular weight excluding hydrogens is 312 g/mol. The molecule has 0 spiro atoms. The zero-order chi connectivity index (χ0) is 14.4. The fraction of sp³-hybridized carbons (Fsp3) is 0.222. The maximum atomic E-state index is 11.7. The number of aromatic nitrogens is 1. The molecule has 3 N–H and O–H groups in total. The number of thiazole rings is 1. The first-order valence-corrected chi connectivity index (χ1v) is 8.96. The highest BCUT2D eigenvalue weighted by atomic mass is 32.2. The van der Waals surface area contributed by atoms with Crippen molar-refractivity contribution < 1.29 is 21.4 Å². The van der Waals surface area contributed by atoms with Crippen LogP contribution in [0.1, 0.15) is 6.92 Å². The molecule has 19 heavy (non-hydrogen) atoms. The van der Waals surface area contributed by atoms with Gasteiger partial charge in [-0.25, -0.2) is 13.4 Å². The Bertz CT molecular complexity index is 851. The van der Waals surface area contributed by atoms with Gasteiger partial charge in [-0.1, -0.05) is 6.92 Å². The Morgan fingerprint density at radius 3 is 2.47 bits per heavy atom. The molecule has 104 valence electrons. The van der Waals surface area contributed by atoms with Gasteiger partial charge in [-0.2, -0.15) is 8.42 Å². The average Bonchev–Trinajstić information content (AvgIpc) is 2.70. The molecule has 0 saturated heterocycles. The number of rotatable bonds is 3. The Hall–Kier alpha value is -1.23. The number of nitrogens with two attached hydrogens (primary N) is 1. The number of sulfone groups is 1. The van der Waals surface area contributed by atoms with Crippen LogP contribution in [0.15, 0.2) is 21.4 Å². The lowest BCUT2D eigenvalue weighted by Gasteiger charge is -1.99. The lowest BCUT2D eigenvalue weighted by molar-refractivity contribution is 0.484. The lowest BCUT2D eigenvalue weighted by Crippen LogP contribution is -2.03. The first kappa shape index (κ1) is 14.2. The van der Waals surface area contributed by atoms with Crippen LogP contribution in [0.4, 0.5) is 5.69 Å². The van der Waals surface area contributed by atoms with Crippen molar-refractivity contribution in [2.75, 3.05) is 11.5 Å². The minimum absolute atomic E-state index is 0.0891. The molecule has 7 nitrogen and oxygen atoms in total. The second-order valence-corrected chi connectivity index (χ2v) is 8.60. The van der Waals surface area contributed by atoms with Crippen molar-refractivity contribution in [3.05, 3.63) is 12.1 Å². The number of nitrogen functional groups attached to an aromatic ring is 1. The molecule has 2 aromatic rings. The number of fused-ring (bicyclic) bond motifs is 1. The predicted molar refractivity (Wildman–Crippen MR) is 71.6 cm³/mol. The number of nitrogens with zero attached hydrogens (tertiary/aromatic N) is 1. The van der Waals surface area contributed by atoms with Gasteiger partial charge >= 0.3 is 0 Å². The molecule has 0 aliphatic heterocycles. The summed E-state index contributed by atoms with van der Waals surface area (Å²) in [5.74, 6) is -0.149. The van der Waals surface area contributed by atoms with E-state index in [-0.39, 0.29) is 21.3 Å². The Morgan fingerprint density at radius 1 is 1.32 bits per heavy atom. The monoisotopic (exact) mass is 322 g/mol. The maximum Gasteiger partial charge on any atom is 0.296 e. The summed E-state index contributed by atoms with van der Waals surface area (Å²) < 4.78 is 55.1. The number of benzene rings is 1. The molecule has 0 bridgehead atoms. The van der Waals surface area contributed by atoms with Crippen LogP contribution < -0.4 is 5.73 Å². The topological polar surface area (TPSA) is 127 Å². The number of anilines is 1. The van der Waals surface area contributed by atoms with Gasteiger partial charge in [0.25, 0.3) is 10.1 Å². The Balaban J connectivity index is 2.88. The molecule has 0 aliphatic carbocycles. The molecule has 0 atom stereocenters. The van der Waals surface area contributed by atoms with E-state index in [2.05, 4.69) is 4.98 Å². The van der Waals surface area contributed by atoms with Gasteiger partial charge in [0, 0.05) is 5.69 Å². The van der Waals surface area contributed by atoms with E-state index < -0.39 is 24.9 Å². The van der Waals surface area contributed by atoms with Gasteiger partial charge in [0.15, 0.2) is 0 Å². The predicted octanol–water partition coefficient (Wildman–Crippen LogP) is 0.919. The summed E-state index contributed by atoms with van der Waals surface area (Å²) in [5.41, 5.74) is 5.54. The fourth-order valence-corrected chi connectivity index (χ4v) is 4.58. The van der Waals surface area contributed by atoms with Crippen molar-refractivity contribution in [2.24, 2.45) is 0 Å². The Morgan fingerprint density at radius 2 is 1.95 bits per heavy atom. The molecule has 2 rings (SSSR count). The van der Waals surface area contributed by atoms with Crippen LogP contribution in [-0.4, -0.2) is 32.1 Å². The summed E-state index contributed by atoms with van der Waals surface area (Å²) in [6, 6.07) is 2.45. The van der Waals surface area contributed by atoms with Crippen LogP contribution in [0.5, 0.6) is 0 Å². The summed E-state index contributed by atoms with van der Waals surface area (Å²) in [4.78, 5) is 3.31. The van der Waals surface area contributed by atoms with Gasteiger partial charge < -0.3 is 5.73 Å². The standard InChI is InChI=1S/C9H10N2O5S3/c1-2-18(12,13)9-11-8-6(17-9)3-5(10)4-7(8)19(14,15)16/h3-4H,2,10H2,1H3,(H,14,15,16). The highest BCUT2D eigenvalue weighted by Gasteiger charge is 2.23. The van der Waals surface area contributed by atoms with E-state index in [1.54, 1.807) is 0 Å². The van der Waals surface area contributed by atoms with E-state index in [0.29, 0.717) is 4.70 Å². The van der Waals surface area contributed by atoms with Crippen molar-refractivity contribution in [2.45, 2.75) is 16.2 Å².